The van der Waals surface area contributed by atoms with Crippen molar-refractivity contribution in [3.63, 3.8) is 0 Å². The minimum Gasteiger partial charge on any atom is -0.504 e. The zero-order chi connectivity index (χ0) is 16.4. The molecule has 0 radical (unpaired) electrons. The second kappa shape index (κ2) is 6.93. The highest BCUT2D eigenvalue weighted by Gasteiger charge is 2.24. The van der Waals surface area contributed by atoms with Crippen molar-refractivity contribution < 1.29 is 5.11 Å². The molecule has 0 amide bonds. The lowest BCUT2D eigenvalue weighted by molar-refractivity contribution is 0.461. The molecule has 0 bridgehead atoms. The van der Waals surface area contributed by atoms with Gasteiger partial charge >= 0.3 is 0 Å². The van der Waals surface area contributed by atoms with Crippen LogP contribution in [0.15, 0.2) is 24.5 Å². The number of thiazole rings is 1. The molecule has 3 aromatic heterocycles. The minimum absolute atomic E-state index is 0.305. The van der Waals surface area contributed by atoms with Crippen LogP contribution in [-0.4, -0.2) is 31.7 Å². The number of aromatic nitrogens is 3. The molecule has 3 rings (SSSR count). The van der Waals surface area contributed by atoms with Crippen molar-refractivity contribution in [2.24, 2.45) is 0 Å². The van der Waals surface area contributed by atoms with Crippen LogP contribution >= 0.6 is 23.1 Å². The molecule has 3 aromatic rings. The normalized spacial score (nSPS) is 12.8. The van der Waals surface area contributed by atoms with Gasteiger partial charge in [0.2, 0.25) is 0 Å². The summed E-state index contributed by atoms with van der Waals surface area (Å²) in [6.45, 7) is 5.23. The summed E-state index contributed by atoms with van der Waals surface area (Å²) in [4.78, 5) is 9.91. The lowest BCUT2D eigenvalue weighted by Crippen LogP contribution is -2.07. The largest absolute Gasteiger partial charge is 0.504 e. The Morgan fingerprint density at radius 3 is 2.91 bits per heavy atom. The van der Waals surface area contributed by atoms with Crippen molar-refractivity contribution in [2.75, 3.05) is 12.0 Å². The second-order valence-electron chi connectivity index (χ2n) is 5.66. The van der Waals surface area contributed by atoms with E-state index in [2.05, 4.69) is 34.6 Å². The predicted octanol–water partition coefficient (Wildman–Crippen LogP) is 4.74. The van der Waals surface area contributed by atoms with Gasteiger partial charge in [-0.3, -0.25) is 4.98 Å². The van der Waals surface area contributed by atoms with E-state index in [1.807, 2.05) is 18.3 Å². The molecule has 23 heavy (non-hydrogen) atoms. The van der Waals surface area contributed by atoms with Crippen LogP contribution in [0, 0.1) is 0 Å². The highest BCUT2D eigenvalue weighted by atomic mass is 32.2. The number of hydrogen-bond acceptors (Lipinski definition) is 5. The Labute approximate surface area is 144 Å². The first-order chi connectivity index (χ1) is 11.2. The molecule has 122 valence electrons. The van der Waals surface area contributed by atoms with Gasteiger partial charge in [-0.25, -0.2) is 4.98 Å². The van der Waals surface area contributed by atoms with Gasteiger partial charge in [0.15, 0.2) is 5.75 Å². The molecular formula is C17H21N3OS2. The molecule has 1 N–H and O–H groups in total. The predicted molar refractivity (Wildman–Crippen MR) is 99.6 cm³/mol. The molecule has 0 aromatic carbocycles. The minimum atomic E-state index is 0.305. The summed E-state index contributed by atoms with van der Waals surface area (Å²) in [5.74, 6) is 1.64. The van der Waals surface area contributed by atoms with Crippen molar-refractivity contribution in [2.45, 2.75) is 32.7 Å². The van der Waals surface area contributed by atoms with Crippen LogP contribution in [0.5, 0.6) is 5.75 Å². The summed E-state index contributed by atoms with van der Waals surface area (Å²) < 4.78 is 2.25. The average molecular weight is 348 g/mol. The monoisotopic (exact) mass is 347 g/mol. The Balaban J connectivity index is 2.14. The molecular weight excluding hydrogens is 326 g/mol. The van der Waals surface area contributed by atoms with Gasteiger partial charge in [-0.1, -0.05) is 25.2 Å². The molecule has 0 aliphatic rings. The van der Waals surface area contributed by atoms with Crippen molar-refractivity contribution in [1.82, 2.24) is 14.5 Å². The molecule has 1 unspecified atom stereocenters. The molecule has 3 heterocycles. The summed E-state index contributed by atoms with van der Waals surface area (Å²) in [6.07, 6.45) is 6.70. The Hall–Kier alpha value is -1.53. The van der Waals surface area contributed by atoms with Crippen LogP contribution in [0.1, 0.15) is 31.9 Å². The number of aromatic hydroxyl groups is 1. The third-order valence-corrected chi connectivity index (χ3v) is 5.81. The number of aryl methyl sites for hydroxylation is 1. The van der Waals surface area contributed by atoms with E-state index in [0.717, 1.165) is 45.3 Å². The summed E-state index contributed by atoms with van der Waals surface area (Å²) in [5, 5.41) is 11.7. The van der Waals surface area contributed by atoms with Crippen LogP contribution in [0.25, 0.3) is 20.9 Å². The quantitative estimate of drug-likeness (QED) is 0.699. The molecule has 4 nitrogen and oxygen atoms in total. The maximum atomic E-state index is 10.8. The van der Waals surface area contributed by atoms with E-state index in [1.165, 1.54) is 0 Å². The number of fused-ring (bicyclic) bond motifs is 1. The Kier molecular flexibility index (Phi) is 4.92. The lowest BCUT2D eigenvalue weighted by Gasteiger charge is -2.15. The molecule has 6 heteroatoms. The maximum Gasteiger partial charge on any atom is 0.164 e. The summed E-state index contributed by atoms with van der Waals surface area (Å²) >= 11 is 3.44. The summed E-state index contributed by atoms with van der Waals surface area (Å²) in [7, 11) is 0. The van der Waals surface area contributed by atoms with Crippen molar-refractivity contribution >= 4 is 33.4 Å². The van der Waals surface area contributed by atoms with Gasteiger partial charge in [-0.2, -0.15) is 11.8 Å². The molecule has 0 aliphatic carbocycles. The summed E-state index contributed by atoms with van der Waals surface area (Å²) in [5.41, 5.74) is 2.74. The third kappa shape index (κ3) is 2.97. The van der Waals surface area contributed by atoms with E-state index in [0.29, 0.717) is 11.7 Å². The van der Waals surface area contributed by atoms with E-state index in [-0.39, 0.29) is 0 Å². The smallest absolute Gasteiger partial charge is 0.164 e. The number of nitrogens with zero attached hydrogens (tertiary/aromatic N) is 3. The average Bonchev–Trinajstić information content (AvgIpc) is 3.09. The second-order valence-corrected chi connectivity index (χ2v) is 7.54. The van der Waals surface area contributed by atoms with Gasteiger partial charge in [0.1, 0.15) is 15.4 Å². The van der Waals surface area contributed by atoms with Crippen molar-refractivity contribution in [1.29, 1.82) is 0 Å². The number of rotatable bonds is 6. The first-order valence-corrected chi connectivity index (χ1v) is 9.99. The fourth-order valence-electron chi connectivity index (χ4n) is 2.89. The molecule has 0 spiro atoms. The van der Waals surface area contributed by atoms with Gasteiger partial charge in [0, 0.05) is 36.2 Å². The van der Waals surface area contributed by atoms with Crippen molar-refractivity contribution in [3.8, 4) is 16.3 Å². The Bertz CT molecular complexity index is 795. The topological polar surface area (TPSA) is 50.9 Å². The van der Waals surface area contributed by atoms with E-state index < -0.39 is 0 Å². The molecule has 0 saturated heterocycles. The maximum absolute atomic E-state index is 10.8. The van der Waals surface area contributed by atoms with E-state index in [9.17, 15) is 5.11 Å². The first-order valence-electron chi connectivity index (χ1n) is 7.78. The van der Waals surface area contributed by atoms with Crippen molar-refractivity contribution in [3.05, 3.63) is 30.2 Å². The number of thioether (sulfide) groups is 1. The highest BCUT2D eigenvalue weighted by molar-refractivity contribution is 7.98. The Morgan fingerprint density at radius 2 is 2.26 bits per heavy atom. The molecule has 0 fully saturated rings. The zero-order valence-corrected chi connectivity index (χ0v) is 15.2. The first kappa shape index (κ1) is 16.3. The third-order valence-electron chi connectivity index (χ3n) is 3.85. The van der Waals surface area contributed by atoms with Crippen LogP contribution in [0.4, 0.5) is 0 Å². The highest BCUT2D eigenvalue weighted by Crippen LogP contribution is 2.42. The van der Waals surface area contributed by atoms with Gasteiger partial charge < -0.3 is 9.67 Å². The molecule has 1 atom stereocenters. The van der Waals surface area contributed by atoms with E-state index in [4.69, 9.17) is 0 Å². The van der Waals surface area contributed by atoms with Gasteiger partial charge in [0.25, 0.3) is 0 Å². The van der Waals surface area contributed by atoms with E-state index in [1.54, 1.807) is 29.3 Å². The van der Waals surface area contributed by atoms with E-state index >= 15 is 0 Å². The van der Waals surface area contributed by atoms with Gasteiger partial charge in [-0.05, 0) is 24.8 Å². The number of hydrogen-bond donors (Lipinski definition) is 1. The Morgan fingerprint density at radius 1 is 1.43 bits per heavy atom. The lowest BCUT2D eigenvalue weighted by atomic mass is 10.1. The fourth-order valence-corrected chi connectivity index (χ4v) is 4.65. The van der Waals surface area contributed by atoms with Crippen LogP contribution < -0.4 is 0 Å². The molecule has 0 aliphatic heterocycles. The zero-order valence-electron chi connectivity index (χ0n) is 13.6. The van der Waals surface area contributed by atoms with Crippen LogP contribution in [-0.2, 0) is 6.54 Å². The van der Waals surface area contributed by atoms with Gasteiger partial charge in [-0.15, -0.1) is 0 Å². The standard InChI is InChI=1S/C17H21N3OS2/c1-4-8-20-14(11(2)10-22-3)15(21)13-17(20)23-16(19-13)12-6-5-7-18-9-12/h5-7,9,11,21H,4,8,10H2,1-3H3. The van der Waals surface area contributed by atoms with Crippen LogP contribution in [0.3, 0.4) is 0 Å². The summed E-state index contributed by atoms with van der Waals surface area (Å²) in [6, 6.07) is 3.91. The van der Waals surface area contributed by atoms with Gasteiger partial charge in [0.05, 0.1) is 5.69 Å². The SMILES string of the molecule is CCCn1c(C(C)CSC)c(O)c2nc(-c3cccnc3)sc21. The fraction of sp³-hybridized carbons (Fsp3) is 0.412. The van der Waals surface area contributed by atoms with Crippen LogP contribution in [0.2, 0.25) is 0 Å². The molecule has 0 saturated carbocycles. The number of pyridine rings is 1.